The Morgan fingerprint density at radius 2 is 2.21 bits per heavy atom. The Kier molecular flexibility index (Phi) is 4.37. The normalized spacial score (nSPS) is 13.3. The summed E-state index contributed by atoms with van der Waals surface area (Å²) in [6.07, 6.45) is 2.68. The molecule has 104 valence electrons. The quantitative estimate of drug-likeness (QED) is 0.839. The largest absolute Gasteiger partial charge is 0.382 e. The second-order valence-electron chi connectivity index (χ2n) is 5.22. The number of nitrogens with two attached hydrogens (primary N) is 1. The van der Waals surface area contributed by atoms with Crippen molar-refractivity contribution in [2.75, 3.05) is 18.9 Å². The lowest BCUT2D eigenvalue weighted by molar-refractivity contribution is 0.125. The molecule has 0 saturated carbocycles. The lowest BCUT2D eigenvalue weighted by atomic mass is 9.94. The molecule has 0 unspecified atom stereocenters. The molecule has 2 heterocycles. The lowest BCUT2D eigenvalue weighted by Crippen LogP contribution is -2.13. The molecule has 0 aromatic carbocycles. The van der Waals surface area contributed by atoms with Crippen molar-refractivity contribution in [3.05, 3.63) is 18.1 Å². The highest BCUT2D eigenvalue weighted by Gasteiger charge is 2.17. The maximum absolute atomic E-state index is 5.96. The van der Waals surface area contributed by atoms with E-state index in [2.05, 4.69) is 28.8 Å². The van der Waals surface area contributed by atoms with Gasteiger partial charge in [0, 0.05) is 12.5 Å². The number of aromatic nitrogens is 3. The van der Waals surface area contributed by atoms with Crippen LogP contribution >= 0.6 is 0 Å². The number of nitrogen functional groups attached to an aromatic ring is 1. The minimum atomic E-state index is 0.273. The summed E-state index contributed by atoms with van der Waals surface area (Å²) in [7, 11) is 0. The Balaban J connectivity index is 2.31. The van der Waals surface area contributed by atoms with Crippen LogP contribution < -0.4 is 5.73 Å². The fourth-order valence-electron chi connectivity index (χ4n) is 2.30. The smallest absolute Gasteiger partial charge is 0.151 e. The molecule has 0 spiro atoms. The van der Waals surface area contributed by atoms with Crippen molar-refractivity contribution in [3.8, 4) is 0 Å². The molecule has 0 bridgehead atoms. The highest BCUT2D eigenvalue weighted by Crippen LogP contribution is 2.26. The SMILES string of the molecule is CCOC[C@@H](CC(C)C)c1cc2[nH]cnc2c(N)n1. The van der Waals surface area contributed by atoms with E-state index in [1.54, 1.807) is 6.33 Å². The number of rotatable bonds is 6. The van der Waals surface area contributed by atoms with Gasteiger partial charge in [-0.15, -0.1) is 0 Å². The summed E-state index contributed by atoms with van der Waals surface area (Å²) in [6.45, 7) is 7.82. The van der Waals surface area contributed by atoms with Crippen LogP contribution in [-0.4, -0.2) is 28.2 Å². The van der Waals surface area contributed by atoms with Crippen LogP contribution in [0.2, 0.25) is 0 Å². The molecule has 2 aromatic heterocycles. The molecule has 0 aliphatic heterocycles. The van der Waals surface area contributed by atoms with Crippen LogP contribution in [0.5, 0.6) is 0 Å². The average Bonchev–Trinajstić information content (AvgIpc) is 2.82. The van der Waals surface area contributed by atoms with Gasteiger partial charge in [0.15, 0.2) is 5.82 Å². The van der Waals surface area contributed by atoms with E-state index in [4.69, 9.17) is 10.5 Å². The summed E-state index contributed by atoms with van der Waals surface area (Å²) in [5, 5.41) is 0. The van der Waals surface area contributed by atoms with Crippen LogP contribution in [0, 0.1) is 5.92 Å². The molecule has 5 nitrogen and oxygen atoms in total. The summed E-state index contributed by atoms with van der Waals surface area (Å²) in [4.78, 5) is 11.8. The van der Waals surface area contributed by atoms with Gasteiger partial charge in [-0.1, -0.05) is 13.8 Å². The number of fused-ring (bicyclic) bond motifs is 1. The highest BCUT2D eigenvalue weighted by atomic mass is 16.5. The molecule has 0 aliphatic carbocycles. The highest BCUT2D eigenvalue weighted by molar-refractivity contribution is 5.84. The molecule has 0 fully saturated rings. The number of hydrogen-bond acceptors (Lipinski definition) is 4. The first-order chi connectivity index (χ1) is 9.11. The second kappa shape index (κ2) is 6.02. The Hall–Kier alpha value is -1.62. The van der Waals surface area contributed by atoms with Crippen molar-refractivity contribution in [2.45, 2.75) is 33.1 Å². The molecular formula is C14H22N4O. The standard InChI is InChI=1S/C14H22N4O/c1-4-19-7-10(5-9(2)3)11-6-12-13(14(15)18-11)17-8-16-12/h6,8-10H,4-5,7H2,1-3H3,(H2,15,18)(H,16,17)/t10-/m1/s1. The van der Waals surface area contributed by atoms with Gasteiger partial charge in [-0.2, -0.15) is 0 Å². The van der Waals surface area contributed by atoms with Gasteiger partial charge in [0.2, 0.25) is 0 Å². The van der Waals surface area contributed by atoms with Crippen molar-refractivity contribution in [1.29, 1.82) is 0 Å². The number of anilines is 1. The molecule has 1 atom stereocenters. The first-order valence-electron chi connectivity index (χ1n) is 6.79. The zero-order valence-electron chi connectivity index (χ0n) is 11.8. The van der Waals surface area contributed by atoms with Crippen LogP contribution in [0.15, 0.2) is 12.4 Å². The summed E-state index contributed by atoms with van der Waals surface area (Å²) >= 11 is 0. The summed E-state index contributed by atoms with van der Waals surface area (Å²) < 4.78 is 5.58. The van der Waals surface area contributed by atoms with E-state index in [1.807, 2.05) is 13.0 Å². The molecule has 2 rings (SSSR count). The second-order valence-corrected chi connectivity index (χ2v) is 5.22. The third-order valence-corrected chi connectivity index (χ3v) is 3.15. The molecule has 3 N–H and O–H groups in total. The van der Waals surface area contributed by atoms with E-state index in [-0.39, 0.29) is 5.92 Å². The van der Waals surface area contributed by atoms with E-state index in [1.165, 1.54) is 0 Å². The predicted octanol–water partition coefficient (Wildman–Crippen LogP) is 2.71. The summed E-state index contributed by atoms with van der Waals surface area (Å²) in [5.74, 6) is 1.35. The van der Waals surface area contributed by atoms with E-state index in [0.29, 0.717) is 18.3 Å². The third kappa shape index (κ3) is 3.23. The van der Waals surface area contributed by atoms with E-state index >= 15 is 0 Å². The minimum Gasteiger partial charge on any atom is -0.382 e. The maximum Gasteiger partial charge on any atom is 0.151 e. The number of imidazole rings is 1. The fraction of sp³-hybridized carbons (Fsp3) is 0.571. The van der Waals surface area contributed by atoms with E-state index < -0.39 is 0 Å². The summed E-state index contributed by atoms with van der Waals surface area (Å²) in [5.41, 5.74) is 8.62. The first kappa shape index (κ1) is 13.8. The van der Waals surface area contributed by atoms with Gasteiger partial charge in [-0.05, 0) is 25.3 Å². The number of pyridine rings is 1. The Morgan fingerprint density at radius 3 is 2.89 bits per heavy atom. The topological polar surface area (TPSA) is 76.8 Å². The number of hydrogen-bond donors (Lipinski definition) is 2. The van der Waals surface area contributed by atoms with Crippen molar-refractivity contribution in [1.82, 2.24) is 15.0 Å². The maximum atomic E-state index is 5.96. The van der Waals surface area contributed by atoms with Gasteiger partial charge in [-0.3, -0.25) is 0 Å². The van der Waals surface area contributed by atoms with Gasteiger partial charge >= 0.3 is 0 Å². The molecule has 0 saturated heterocycles. The number of aromatic amines is 1. The molecule has 0 amide bonds. The van der Waals surface area contributed by atoms with Gasteiger partial charge < -0.3 is 15.5 Å². The average molecular weight is 262 g/mol. The van der Waals surface area contributed by atoms with Crippen molar-refractivity contribution in [3.63, 3.8) is 0 Å². The number of H-pyrrole nitrogens is 1. The first-order valence-corrected chi connectivity index (χ1v) is 6.79. The van der Waals surface area contributed by atoms with Gasteiger partial charge in [0.1, 0.15) is 5.52 Å². The zero-order valence-corrected chi connectivity index (χ0v) is 11.8. The number of nitrogens with zero attached hydrogens (tertiary/aromatic N) is 2. The van der Waals surface area contributed by atoms with Crippen LogP contribution in [-0.2, 0) is 4.74 Å². The van der Waals surface area contributed by atoms with Gasteiger partial charge in [0.25, 0.3) is 0 Å². The Bertz CT molecular complexity index is 535. The van der Waals surface area contributed by atoms with Crippen molar-refractivity contribution in [2.24, 2.45) is 5.92 Å². The fourth-order valence-corrected chi connectivity index (χ4v) is 2.30. The Morgan fingerprint density at radius 1 is 1.42 bits per heavy atom. The minimum absolute atomic E-state index is 0.273. The monoisotopic (exact) mass is 262 g/mol. The van der Waals surface area contributed by atoms with E-state index in [0.717, 1.165) is 29.8 Å². The van der Waals surface area contributed by atoms with Crippen LogP contribution in [0.1, 0.15) is 38.8 Å². The van der Waals surface area contributed by atoms with E-state index in [9.17, 15) is 0 Å². The number of nitrogens with one attached hydrogen (secondary N) is 1. The van der Waals surface area contributed by atoms with Gasteiger partial charge in [-0.25, -0.2) is 9.97 Å². The molecule has 19 heavy (non-hydrogen) atoms. The Labute approximate surface area is 113 Å². The molecule has 0 radical (unpaired) electrons. The molecule has 0 aliphatic rings. The third-order valence-electron chi connectivity index (χ3n) is 3.15. The van der Waals surface area contributed by atoms with Crippen LogP contribution in [0.4, 0.5) is 5.82 Å². The van der Waals surface area contributed by atoms with Crippen molar-refractivity contribution >= 4 is 16.9 Å². The van der Waals surface area contributed by atoms with Gasteiger partial charge in [0.05, 0.1) is 24.1 Å². The predicted molar refractivity (Wildman–Crippen MR) is 77.0 cm³/mol. The number of ether oxygens (including phenoxy) is 1. The lowest BCUT2D eigenvalue weighted by Gasteiger charge is -2.18. The molecule has 2 aromatic rings. The molecular weight excluding hydrogens is 240 g/mol. The zero-order chi connectivity index (χ0) is 13.8. The van der Waals surface area contributed by atoms with Crippen LogP contribution in [0.25, 0.3) is 11.0 Å². The van der Waals surface area contributed by atoms with Crippen LogP contribution in [0.3, 0.4) is 0 Å². The van der Waals surface area contributed by atoms with Crippen molar-refractivity contribution < 1.29 is 4.74 Å². The summed E-state index contributed by atoms with van der Waals surface area (Å²) in [6, 6.07) is 2.03. The molecule has 5 heteroatoms.